The molecule has 0 aliphatic rings. The first kappa shape index (κ1) is 18.0. The van der Waals surface area contributed by atoms with Gasteiger partial charge in [-0.1, -0.05) is 0 Å². The maximum atomic E-state index is 10.7. The number of hydrogen-bond acceptors (Lipinski definition) is 4. The highest BCUT2D eigenvalue weighted by Crippen LogP contribution is 1.75. The summed E-state index contributed by atoms with van der Waals surface area (Å²) in [5.74, 6) is 0. The molecule has 8 heteroatoms. The molecule has 0 spiro atoms. The lowest BCUT2D eigenvalue weighted by molar-refractivity contribution is -0.127. The Kier molecular flexibility index (Phi) is 12.7. The standard InChI is InChI=1S/2C2H3FO.CH3FO2S/c2*1-2(3)4;1-5(2,3)4/h2*1H3;1H3. The Morgan fingerprint density at radius 2 is 1.00 bits per heavy atom. The van der Waals surface area contributed by atoms with Gasteiger partial charge in [0.2, 0.25) is 0 Å². The number of hydrogen-bond donors (Lipinski definition) is 0. The lowest BCUT2D eigenvalue weighted by atomic mass is 10.9. The first-order chi connectivity index (χ1) is 5.46. The van der Waals surface area contributed by atoms with E-state index >= 15 is 0 Å². The monoisotopic (exact) mass is 222 g/mol. The fraction of sp³-hybridized carbons (Fsp3) is 0.600. The largest absolute Gasteiger partial charge is 0.299 e. The molecule has 0 aromatic rings. The Hall–Kier alpha value is -0.920. The minimum Gasteiger partial charge on any atom is -0.262 e. The third kappa shape index (κ3) is 1080. The summed E-state index contributed by atoms with van der Waals surface area (Å²) >= 11 is 0. The molecule has 0 unspecified atom stereocenters. The van der Waals surface area contributed by atoms with Crippen LogP contribution in [0.5, 0.6) is 0 Å². The first-order valence-electron chi connectivity index (χ1n) is 2.68. The van der Waals surface area contributed by atoms with Crippen LogP contribution in [0, 0.1) is 0 Å². The van der Waals surface area contributed by atoms with E-state index in [0.717, 1.165) is 13.8 Å². The van der Waals surface area contributed by atoms with Gasteiger partial charge in [-0.3, -0.25) is 9.59 Å². The van der Waals surface area contributed by atoms with Crippen LogP contribution in [0.4, 0.5) is 12.7 Å². The van der Waals surface area contributed by atoms with E-state index in [1.807, 2.05) is 0 Å². The second-order valence-corrected chi connectivity index (χ2v) is 2.99. The summed E-state index contributed by atoms with van der Waals surface area (Å²) in [7, 11) is -4.17. The normalized spacial score (nSPS) is 8.46. The van der Waals surface area contributed by atoms with Crippen molar-refractivity contribution in [3.8, 4) is 0 Å². The number of rotatable bonds is 0. The van der Waals surface area contributed by atoms with Crippen LogP contribution >= 0.6 is 0 Å². The van der Waals surface area contributed by atoms with Crippen LogP contribution in [0.2, 0.25) is 0 Å². The van der Waals surface area contributed by atoms with Gasteiger partial charge in [-0.25, -0.2) is 0 Å². The van der Waals surface area contributed by atoms with E-state index in [1.165, 1.54) is 0 Å². The van der Waals surface area contributed by atoms with Crippen LogP contribution in [-0.2, 0) is 19.8 Å². The van der Waals surface area contributed by atoms with Gasteiger partial charge in [0.25, 0.3) is 22.3 Å². The fourth-order valence-electron chi connectivity index (χ4n) is 0. The molecular formula is C5H9F3O4S. The molecule has 0 aliphatic carbocycles. The van der Waals surface area contributed by atoms with Gasteiger partial charge in [-0.05, 0) is 0 Å². The van der Waals surface area contributed by atoms with Crippen LogP contribution in [0.3, 0.4) is 0 Å². The Bertz CT molecular complexity index is 219. The zero-order valence-corrected chi connectivity index (χ0v) is 7.99. The molecule has 80 valence electrons. The molecule has 0 aromatic carbocycles. The average molecular weight is 222 g/mol. The van der Waals surface area contributed by atoms with Crippen molar-refractivity contribution in [1.29, 1.82) is 0 Å². The number of carbonyl (C=O) groups is 2. The smallest absolute Gasteiger partial charge is 0.262 e. The molecule has 0 radical (unpaired) electrons. The highest BCUT2D eigenvalue weighted by molar-refractivity contribution is 7.85. The maximum Gasteiger partial charge on any atom is 0.299 e. The summed E-state index contributed by atoms with van der Waals surface area (Å²) in [6.07, 6.45) is 0.493. The Morgan fingerprint density at radius 1 is 1.00 bits per heavy atom. The van der Waals surface area contributed by atoms with E-state index in [2.05, 4.69) is 0 Å². The van der Waals surface area contributed by atoms with E-state index in [-0.39, 0.29) is 0 Å². The predicted molar refractivity (Wildman–Crippen MR) is 39.5 cm³/mol. The van der Waals surface area contributed by atoms with Gasteiger partial charge in [0, 0.05) is 13.8 Å². The van der Waals surface area contributed by atoms with Gasteiger partial charge in [0.05, 0.1) is 6.26 Å². The van der Waals surface area contributed by atoms with E-state index in [9.17, 15) is 12.7 Å². The second-order valence-electron chi connectivity index (χ2n) is 1.62. The number of halogens is 3. The third-order valence-electron chi connectivity index (χ3n) is 0. The van der Waals surface area contributed by atoms with Gasteiger partial charge in [-0.15, -0.1) is 3.89 Å². The highest BCUT2D eigenvalue weighted by atomic mass is 32.3. The van der Waals surface area contributed by atoms with Crippen molar-refractivity contribution in [3.05, 3.63) is 0 Å². The quantitative estimate of drug-likeness (QED) is 0.571. The summed E-state index contributed by atoms with van der Waals surface area (Å²) in [5, 5.41) is 0. The van der Waals surface area contributed by atoms with Crippen LogP contribution in [0.1, 0.15) is 13.8 Å². The van der Waals surface area contributed by atoms with Gasteiger partial charge < -0.3 is 0 Å². The molecule has 0 rings (SSSR count). The first-order valence-corrected chi connectivity index (χ1v) is 4.47. The summed E-state index contributed by atoms with van der Waals surface area (Å²) in [6, 6.07) is -2.67. The zero-order chi connectivity index (χ0) is 11.7. The van der Waals surface area contributed by atoms with Crippen LogP contribution in [0.25, 0.3) is 0 Å². The fourth-order valence-corrected chi connectivity index (χ4v) is 0. The van der Waals surface area contributed by atoms with Crippen molar-refractivity contribution >= 4 is 22.3 Å². The van der Waals surface area contributed by atoms with Crippen molar-refractivity contribution in [3.63, 3.8) is 0 Å². The molecule has 13 heavy (non-hydrogen) atoms. The van der Waals surface area contributed by atoms with Crippen molar-refractivity contribution in [1.82, 2.24) is 0 Å². The van der Waals surface area contributed by atoms with Crippen LogP contribution in [-0.4, -0.2) is 26.7 Å². The maximum absolute atomic E-state index is 10.7. The summed E-state index contributed by atoms with van der Waals surface area (Å²) in [4.78, 5) is 17.6. The number of carbonyl (C=O) groups excluding carboxylic acids is 2. The van der Waals surface area contributed by atoms with Crippen LogP contribution in [0.15, 0.2) is 0 Å². The second kappa shape index (κ2) is 9.17. The molecular weight excluding hydrogens is 213 g/mol. The average Bonchev–Trinajstić information content (AvgIpc) is 1.50. The molecule has 0 saturated carbocycles. The Labute approximate surface area is 74.0 Å². The lowest BCUT2D eigenvalue weighted by Gasteiger charge is -1.63. The molecule has 0 N–H and O–H groups in total. The molecule has 0 atom stereocenters. The molecule has 0 heterocycles. The predicted octanol–water partition coefficient (Wildman–Crippen LogP) is 0.920. The van der Waals surface area contributed by atoms with Gasteiger partial charge >= 0.3 is 0 Å². The Morgan fingerprint density at radius 3 is 1.00 bits per heavy atom. The van der Waals surface area contributed by atoms with E-state index in [1.54, 1.807) is 0 Å². The molecule has 0 fully saturated rings. The third-order valence-corrected chi connectivity index (χ3v) is 0. The topological polar surface area (TPSA) is 68.3 Å². The molecule has 0 amide bonds. The lowest BCUT2D eigenvalue weighted by Crippen LogP contribution is -1.78. The van der Waals surface area contributed by atoms with Crippen molar-refractivity contribution in [2.24, 2.45) is 0 Å². The van der Waals surface area contributed by atoms with Crippen molar-refractivity contribution < 1.29 is 30.7 Å². The summed E-state index contributed by atoms with van der Waals surface area (Å²) in [6.45, 7) is 1.72. The van der Waals surface area contributed by atoms with Gasteiger partial charge in [-0.2, -0.15) is 17.2 Å². The summed E-state index contributed by atoms with van der Waals surface area (Å²) < 4.78 is 49.3. The molecule has 0 aliphatic heterocycles. The minimum atomic E-state index is -4.17. The zero-order valence-electron chi connectivity index (χ0n) is 7.18. The SMILES string of the molecule is CC(=O)F.CC(=O)F.CS(=O)(=O)F. The summed E-state index contributed by atoms with van der Waals surface area (Å²) in [5.41, 5.74) is 0. The highest BCUT2D eigenvalue weighted by Gasteiger charge is 1.86. The van der Waals surface area contributed by atoms with Crippen molar-refractivity contribution in [2.45, 2.75) is 13.8 Å². The Balaban J connectivity index is -0.000000117. The van der Waals surface area contributed by atoms with Crippen molar-refractivity contribution in [2.75, 3.05) is 6.26 Å². The minimum absolute atomic E-state index is 0.493. The van der Waals surface area contributed by atoms with Crippen LogP contribution < -0.4 is 0 Å². The molecule has 0 bridgehead atoms. The van der Waals surface area contributed by atoms with Gasteiger partial charge in [0.1, 0.15) is 0 Å². The molecule has 0 aromatic heterocycles. The van der Waals surface area contributed by atoms with E-state index in [4.69, 9.17) is 18.0 Å². The van der Waals surface area contributed by atoms with E-state index in [0.29, 0.717) is 6.26 Å². The van der Waals surface area contributed by atoms with Gasteiger partial charge in [0.15, 0.2) is 0 Å². The molecule has 4 nitrogen and oxygen atoms in total. The van der Waals surface area contributed by atoms with E-state index < -0.39 is 22.3 Å². The molecule has 0 saturated heterocycles.